The largest absolute Gasteiger partial charge is 0.422 e. The van der Waals surface area contributed by atoms with Crippen LogP contribution in [0.1, 0.15) is 66.7 Å². The number of hydrogen-bond donors (Lipinski definition) is 0. The van der Waals surface area contributed by atoms with E-state index in [9.17, 15) is 26.3 Å². The molecule has 4 unspecified atom stereocenters. The smallest absolute Gasteiger partial charge is 0.206 e. The fourth-order valence-corrected chi connectivity index (χ4v) is 5.38. The van der Waals surface area contributed by atoms with Gasteiger partial charge in [-0.25, -0.2) is 13.2 Å². The molecule has 2 aromatic rings. The molecule has 0 saturated heterocycles. The number of rotatable bonds is 2. The van der Waals surface area contributed by atoms with Crippen LogP contribution in [0.5, 0.6) is 0 Å². The molecule has 2 aliphatic carbocycles. The van der Waals surface area contributed by atoms with Crippen LogP contribution in [0, 0.1) is 47.0 Å². The van der Waals surface area contributed by atoms with Crippen LogP contribution in [0.3, 0.4) is 0 Å². The van der Waals surface area contributed by atoms with Crippen LogP contribution in [0.2, 0.25) is 0 Å². The quantitative estimate of drug-likeness (QED) is 0.241. The SMILES string of the molecule is C=CC1CCC2CC(c3ccc(C#Cc4cc(F)c(C(F)(F)F)c(F)c4)c(F)c3)CCC2C1. The topological polar surface area (TPSA) is 0 Å². The van der Waals surface area contributed by atoms with Crippen molar-refractivity contribution in [3.8, 4) is 11.8 Å². The summed E-state index contributed by atoms with van der Waals surface area (Å²) in [7, 11) is 0. The lowest BCUT2D eigenvalue weighted by atomic mass is 9.64. The third-order valence-corrected chi connectivity index (χ3v) is 7.12. The molecule has 0 bridgehead atoms. The zero-order valence-corrected chi connectivity index (χ0v) is 18.0. The summed E-state index contributed by atoms with van der Waals surface area (Å²) < 4.78 is 80.2. The highest BCUT2D eigenvalue weighted by atomic mass is 19.4. The summed E-state index contributed by atoms with van der Waals surface area (Å²) in [5, 5.41) is 0. The lowest BCUT2D eigenvalue weighted by Crippen LogP contribution is -2.30. The number of benzene rings is 2. The van der Waals surface area contributed by atoms with E-state index in [1.165, 1.54) is 25.0 Å². The zero-order valence-electron chi connectivity index (χ0n) is 18.0. The Hall–Kier alpha value is -2.68. The van der Waals surface area contributed by atoms with Crippen molar-refractivity contribution in [1.82, 2.24) is 0 Å². The summed E-state index contributed by atoms with van der Waals surface area (Å²) in [5.74, 6) is 3.02. The maximum atomic E-state index is 14.7. The van der Waals surface area contributed by atoms with Crippen molar-refractivity contribution in [3.63, 3.8) is 0 Å². The molecular formula is C27H24F6. The highest BCUT2D eigenvalue weighted by Gasteiger charge is 2.38. The lowest BCUT2D eigenvalue weighted by Gasteiger charge is -2.41. The standard InChI is InChI=1S/C27H24F6/c1-2-16-3-6-20-14-21(10-9-19(20)11-16)22-8-7-18(23(28)15-22)5-4-17-12-24(29)26(25(30)13-17)27(31,32)33/h2,7-8,12-13,15-16,19-21H,1,3,6,9-11,14H2. The Morgan fingerprint density at radius 3 is 2.12 bits per heavy atom. The van der Waals surface area contributed by atoms with Gasteiger partial charge in [-0.1, -0.05) is 24.0 Å². The van der Waals surface area contributed by atoms with Gasteiger partial charge in [-0.15, -0.1) is 6.58 Å². The number of allylic oxidation sites excluding steroid dienone is 1. The summed E-state index contributed by atoms with van der Waals surface area (Å²) in [5.41, 5.74) is -1.32. The Morgan fingerprint density at radius 1 is 0.818 bits per heavy atom. The van der Waals surface area contributed by atoms with E-state index < -0.39 is 29.2 Å². The minimum atomic E-state index is -5.15. The molecule has 0 radical (unpaired) electrons. The van der Waals surface area contributed by atoms with Gasteiger partial charge in [-0.3, -0.25) is 0 Å². The van der Waals surface area contributed by atoms with E-state index in [2.05, 4.69) is 24.5 Å². The molecule has 2 fully saturated rings. The van der Waals surface area contributed by atoms with Crippen LogP contribution in [0.4, 0.5) is 26.3 Å². The Labute approximate surface area is 189 Å². The van der Waals surface area contributed by atoms with Crippen LogP contribution < -0.4 is 0 Å². The summed E-state index contributed by atoms with van der Waals surface area (Å²) >= 11 is 0. The second-order valence-corrected chi connectivity index (χ2v) is 9.14. The Bertz CT molecular complexity index is 1080. The molecule has 2 saturated carbocycles. The molecule has 0 heterocycles. The predicted molar refractivity (Wildman–Crippen MR) is 115 cm³/mol. The van der Waals surface area contributed by atoms with Crippen molar-refractivity contribution >= 4 is 0 Å². The summed E-state index contributed by atoms with van der Waals surface area (Å²) in [6, 6.07) is 5.81. The fraction of sp³-hybridized carbons (Fsp3) is 0.407. The van der Waals surface area contributed by atoms with Crippen LogP contribution in [0.15, 0.2) is 43.0 Å². The maximum Gasteiger partial charge on any atom is 0.422 e. The second-order valence-electron chi connectivity index (χ2n) is 9.14. The molecule has 174 valence electrons. The van der Waals surface area contributed by atoms with E-state index in [0.717, 1.165) is 31.2 Å². The van der Waals surface area contributed by atoms with Crippen molar-refractivity contribution in [2.45, 2.75) is 50.6 Å². The Balaban J connectivity index is 1.49. The molecule has 33 heavy (non-hydrogen) atoms. The van der Waals surface area contributed by atoms with Gasteiger partial charge in [-0.05, 0) is 92.0 Å². The molecule has 0 N–H and O–H groups in total. The van der Waals surface area contributed by atoms with E-state index in [1.807, 2.05) is 6.07 Å². The van der Waals surface area contributed by atoms with E-state index in [1.54, 1.807) is 0 Å². The van der Waals surface area contributed by atoms with Gasteiger partial charge in [0.15, 0.2) is 0 Å². The molecule has 0 aliphatic heterocycles. The average molecular weight is 462 g/mol. The highest BCUT2D eigenvalue weighted by molar-refractivity contribution is 5.46. The van der Waals surface area contributed by atoms with Crippen LogP contribution in [-0.2, 0) is 6.18 Å². The van der Waals surface area contributed by atoms with Crippen molar-refractivity contribution < 1.29 is 26.3 Å². The minimum absolute atomic E-state index is 0.0274. The number of fused-ring (bicyclic) bond motifs is 1. The molecule has 0 nitrogen and oxygen atoms in total. The van der Waals surface area contributed by atoms with E-state index in [4.69, 9.17) is 0 Å². The Kier molecular flexibility index (Phi) is 6.61. The zero-order chi connectivity index (χ0) is 23.8. The molecular weight excluding hydrogens is 438 g/mol. The van der Waals surface area contributed by atoms with Crippen LogP contribution in [-0.4, -0.2) is 0 Å². The van der Waals surface area contributed by atoms with E-state index in [0.29, 0.717) is 29.9 Å². The number of halogens is 6. The lowest BCUT2D eigenvalue weighted by molar-refractivity contribution is -0.142. The van der Waals surface area contributed by atoms with Gasteiger partial charge in [0.2, 0.25) is 0 Å². The minimum Gasteiger partial charge on any atom is -0.206 e. The van der Waals surface area contributed by atoms with E-state index in [-0.39, 0.29) is 17.0 Å². The summed E-state index contributed by atoms with van der Waals surface area (Å²) in [6.45, 7) is 3.92. The molecule has 0 spiro atoms. The first kappa shape index (κ1) is 23.5. The summed E-state index contributed by atoms with van der Waals surface area (Å²) in [6.07, 6.45) is 3.58. The Morgan fingerprint density at radius 2 is 1.48 bits per heavy atom. The van der Waals surface area contributed by atoms with Gasteiger partial charge in [0.1, 0.15) is 23.0 Å². The van der Waals surface area contributed by atoms with Crippen molar-refractivity contribution in [2.24, 2.45) is 17.8 Å². The highest BCUT2D eigenvalue weighted by Crippen LogP contribution is 2.47. The summed E-state index contributed by atoms with van der Waals surface area (Å²) in [4.78, 5) is 0. The van der Waals surface area contributed by atoms with Gasteiger partial charge in [0.25, 0.3) is 0 Å². The molecule has 6 heteroatoms. The van der Waals surface area contributed by atoms with Gasteiger partial charge < -0.3 is 0 Å². The number of hydrogen-bond acceptors (Lipinski definition) is 0. The van der Waals surface area contributed by atoms with Gasteiger partial charge >= 0.3 is 6.18 Å². The average Bonchev–Trinajstić information content (AvgIpc) is 2.76. The predicted octanol–water partition coefficient (Wildman–Crippen LogP) is 8.01. The van der Waals surface area contributed by atoms with Crippen LogP contribution in [0.25, 0.3) is 0 Å². The molecule has 2 aromatic carbocycles. The first-order valence-electron chi connectivity index (χ1n) is 11.2. The monoisotopic (exact) mass is 462 g/mol. The molecule has 0 amide bonds. The molecule has 4 atom stereocenters. The third-order valence-electron chi connectivity index (χ3n) is 7.12. The van der Waals surface area contributed by atoms with Crippen molar-refractivity contribution in [3.05, 3.63) is 82.7 Å². The van der Waals surface area contributed by atoms with Crippen molar-refractivity contribution in [2.75, 3.05) is 0 Å². The van der Waals surface area contributed by atoms with Gasteiger partial charge in [-0.2, -0.15) is 13.2 Å². The first-order valence-corrected chi connectivity index (χ1v) is 11.2. The van der Waals surface area contributed by atoms with E-state index >= 15 is 0 Å². The maximum absolute atomic E-state index is 14.7. The van der Waals surface area contributed by atoms with Gasteiger partial charge in [0.05, 0.1) is 5.56 Å². The molecule has 4 rings (SSSR count). The molecule has 2 aliphatic rings. The van der Waals surface area contributed by atoms with Crippen LogP contribution >= 0.6 is 0 Å². The van der Waals surface area contributed by atoms with Gasteiger partial charge in [0, 0.05) is 5.56 Å². The first-order chi connectivity index (χ1) is 15.7. The third kappa shape index (κ3) is 5.13. The van der Waals surface area contributed by atoms with Crippen molar-refractivity contribution in [1.29, 1.82) is 0 Å². The second kappa shape index (κ2) is 9.29. The number of alkyl halides is 3. The molecule has 0 aromatic heterocycles. The fourth-order valence-electron chi connectivity index (χ4n) is 5.38. The normalized spacial score (nSPS) is 25.0.